The van der Waals surface area contributed by atoms with Crippen LogP contribution in [0, 0.1) is 0 Å². The van der Waals surface area contributed by atoms with Crippen molar-refractivity contribution in [3.63, 3.8) is 0 Å². The fraction of sp³-hybridized carbons (Fsp3) is 0.280. The molecule has 0 atom stereocenters. The van der Waals surface area contributed by atoms with Gasteiger partial charge in [0.15, 0.2) is 0 Å². The van der Waals surface area contributed by atoms with Crippen molar-refractivity contribution in [3.05, 3.63) is 88.3 Å². The number of piperidine rings is 1. The van der Waals surface area contributed by atoms with Crippen molar-refractivity contribution in [2.75, 3.05) is 25.0 Å². The van der Waals surface area contributed by atoms with E-state index in [1.54, 1.807) is 18.2 Å². The second-order valence-electron chi connectivity index (χ2n) is 8.00. The normalized spacial score (nSPS) is 14.2. The molecule has 1 saturated heterocycles. The maximum atomic E-state index is 13.1. The number of rotatable bonds is 6. The fourth-order valence-corrected chi connectivity index (χ4v) is 4.24. The molecule has 0 spiro atoms. The van der Waals surface area contributed by atoms with Gasteiger partial charge < -0.3 is 19.5 Å². The van der Waals surface area contributed by atoms with Crippen LogP contribution >= 0.6 is 15.9 Å². The van der Waals surface area contributed by atoms with Gasteiger partial charge in [0.1, 0.15) is 5.76 Å². The van der Waals surface area contributed by atoms with Gasteiger partial charge >= 0.3 is 0 Å². The Hall–Kier alpha value is -3.06. The molecule has 7 heteroatoms. The summed E-state index contributed by atoms with van der Waals surface area (Å²) in [5.74, 6) is 0.661. The standard InChI is InChI=1S/C25H26BrN3O3/c1-28(17-21-5-4-16-32-21)25(31)22-6-2-3-7-23(22)29-14-12-20(13-15-29)27-24(30)18-8-10-19(26)11-9-18/h2-11,16,20H,12-15,17H2,1H3,(H,27,30). The van der Waals surface area contributed by atoms with Gasteiger partial charge in [0.25, 0.3) is 11.8 Å². The summed E-state index contributed by atoms with van der Waals surface area (Å²) in [5.41, 5.74) is 2.27. The van der Waals surface area contributed by atoms with Crippen molar-refractivity contribution in [1.29, 1.82) is 0 Å². The molecule has 166 valence electrons. The molecule has 3 aromatic rings. The van der Waals surface area contributed by atoms with Crippen molar-refractivity contribution in [2.45, 2.75) is 25.4 Å². The van der Waals surface area contributed by atoms with Gasteiger partial charge in [-0.25, -0.2) is 0 Å². The summed E-state index contributed by atoms with van der Waals surface area (Å²) < 4.78 is 6.33. The zero-order valence-corrected chi connectivity index (χ0v) is 19.5. The molecule has 0 aliphatic carbocycles. The van der Waals surface area contributed by atoms with Gasteiger partial charge in [-0.05, 0) is 61.4 Å². The molecule has 1 N–H and O–H groups in total. The highest BCUT2D eigenvalue weighted by Crippen LogP contribution is 2.26. The molecule has 1 aromatic heterocycles. The van der Waals surface area contributed by atoms with Gasteiger partial charge in [-0.1, -0.05) is 28.1 Å². The molecule has 0 saturated carbocycles. The van der Waals surface area contributed by atoms with Crippen LogP contribution in [-0.2, 0) is 6.54 Å². The van der Waals surface area contributed by atoms with Crippen LogP contribution in [0.25, 0.3) is 0 Å². The van der Waals surface area contributed by atoms with Gasteiger partial charge in [0.2, 0.25) is 0 Å². The minimum absolute atomic E-state index is 0.0392. The lowest BCUT2D eigenvalue weighted by Gasteiger charge is -2.35. The highest BCUT2D eigenvalue weighted by molar-refractivity contribution is 9.10. The zero-order chi connectivity index (χ0) is 22.5. The van der Waals surface area contributed by atoms with Crippen LogP contribution in [0.15, 0.2) is 75.8 Å². The Morgan fingerprint density at radius 2 is 1.78 bits per heavy atom. The summed E-state index contributed by atoms with van der Waals surface area (Å²) in [4.78, 5) is 29.6. The van der Waals surface area contributed by atoms with E-state index in [2.05, 4.69) is 26.1 Å². The van der Waals surface area contributed by atoms with E-state index in [4.69, 9.17) is 4.42 Å². The van der Waals surface area contributed by atoms with Crippen LogP contribution < -0.4 is 10.2 Å². The molecule has 1 fully saturated rings. The number of carbonyl (C=O) groups is 2. The Kier molecular flexibility index (Phi) is 6.95. The minimum Gasteiger partial charge on any atom is -0.467 e. The molecule has 2 heterocycles. The van der Waals surface area contributed by atoms with Crippen molar-refractivity contribution in [3.8, 4) is 0 Å². The molecule has 2 amide bonds. The SMILES string of the molecule is CN(Cc1ccco1)C(=O)c1ccccc1N1CCC(NC(=O)c2ccc(Br)cc2)CC1. The summed E-state index contributed by atoms with van der Waals surface area (Å²) in [7, 11) is 1.78. The van der Waals surface area contributed by atoms with Crippen molar-refractivity contribution in [2.24, 2.45) is 0 Å². The fourth-order valence-electron chi connectivity index (χ4n) is 3.98. The summed E-state index contributed by atoms with van der Waals surface area (Å²) in [5, 5.41) is 3.14. The highest BCUT2D eigenvalue weighted by Gasteiger charge is 2.25. The van der Waals surface area contributed by atoms with Crippen LogP contribution in [0.2, 0.25) is 0 Å². The van der Waals surface area contributed by atoms with Crippen LogP contribution in [-0.4, -0.2) is 42.9 Å². The van der Waals surface area contributed by atoms with Crippen LogP contribution in [0.5, 0.6) is 0 Å². The third-order valence-corrected chi connectivity index (χ3v) is 6.26. The van der Waals surface area contributed by atoms with E-state index in [0.717, 1.165) is 41.9 Å². The predicted octanol–water partition coefficient (Wildman–Crippen LogP) is 4.71. The lowest BCUT2D eigenvalue weighted by atomic mass is 10.0. The molecule has 4 rings (SSSR count). The van der Waals surface area contributed by atoms with E-state index in [1.807, 2.05) is 60.7 Å². The number of anilines is 1. The Balaban J connectivity index is 1.38. The second-order valence-corrected chi connectivity index (χ2v) is 8.92. The number of furan rings is 1. The minimum atomic E-state index is -0.0499. The summed E-state index contributed by atoms with van der Waals surface area (Å²) in [6.07, 6.45) is 3.27. The molecule has 0 unspecified atom stereocenters. The average Bonchev–Trinajstić information content (AvgIpc) is 3.32. The predicted molar refractivity (Wildman–Crippen MR) is 128 cm³/mol. The molecule has 2 aromatic carbocycles. The van der Waals surface area contributed by atoms with Crippen LogP contribution in [0.1, 0.15) is 39.3 Å². The maximum absolute atomic E-state index is 13.1. The largest absolute Gasteiger partial charge is 0.467 e. The number of halogens is 1. The van der Waals surface area contributed by atoms with E-state index in [-0.39, 0.29) is 17.9 Å². The average molecular weight is 496 g/mol. The third-order valence-electron chi connectivity index (χ3n) is 5.73. The molecule has 1 aliphatic rings. The molecule has 0 radical (unpaired) electrons. The molecule has 32 heavy (non-hydrogen) atoms. The topological polar surface area (TPSA) is 65.8 Å². The first kappa shape index (κ1) is 22.1. The summed E-state index contributed by atoms with van der Waals surface area (Å²) >= 11 is 3.39. The molecule has 0 bridgehead atoms. The number of amides is 2. The Labute approximate surface area is 196 Å². The first-order valence-corrected chi connectivity index (χ1v) is 11.5. The molecular formula is C25H26BrN3O3. The number of nitrogens with zero attached hydrogens (tertiary/aromatic N) is 2. The Morgan fingerprint density at radius 3 is 2.47 bits per heavy atom. The first-order chi connectivity index (χ1) is 15.5. The van der Waals surface area contributed by atoms with E-state index >= 15 is 0 Å². The molecular weight excluding hydrogens is 470 g/mol. The second kappa shape index (κ2) is 10.0. The maximum Gasteiger partial charge on any atom is 0.256 e. The van der Waals surface area contributed by atoms with Crippen molar-refractivity contribution >= 4 is 33.4 Å². The Morgan fingerprint density at radius 1 is 1.06 bits per heavy atom. The molecule has 6 nitrogen and oxygen atoms in total. The molecule has 1 aliphatic heterocycles. The number of hydrogen-bond acceptors (Lipinski definition) is 4. The number of para-hydroxylation sites is 1. The van der Waals surface area contributed by atoms with Gasteiger partial charge in [0, 0.05) is 41.9 Å². The van der Waals surface area contributed by atoms with Gasteiger partial charge in [-0.15, -0.1) is 0 Å². The van der Waals surface area contributed by atoms with Crippen LogP contribution in [0.4, 0.5) is 5.69 Å². The quantitative estimate of drug-likeness (QED) is 0.537. The van der Waals surface area contributed by atoms with Crippen molar-refractivity contribution < 1.29 is 14.0 Å². The summed E-state index contributed by atoms with van der Waals surface area (Å²) in [6.45, 7) is 1.97. The van der Waals surface area contributed by atoms with Crippen molar-refractivity contribution in [1.82, 2.24) is 10.2 Å². The van der Waals surface area contributed by atoms with E-state index in [1.165, 1.54) is 0 Å². The third kappa shape index (κ3) is 5.22. The first-order valence-electron chi connectivity index (χ1n) is 10.7. The number of carbonyl (C=O) groups excluding carboxylic acids is 2. The van der Waals surface area contributed by atoms with E-state index in [9.17, 15) is 9.59 Å². The summed E-state index contributed by atoms with van der Waals surface area (Å²) in [6, 6.07) is 18.9. The van der Waals surface area contributed by atoms with Gasteiger partial charge in [-0.3, -0.25) is 9.59 Å². The van der Waals surface area contributed by atoms with E-state index < -0.39 is 0 Å². The Bertz CT molecular complexity index is 1060. The monoisotopic (exact) mass is 495 g/mol. The van der Waals surface area contributed by atoms with E-state index in [0.29, 0.717) is 17.7 Å². The number of benzene rings is 2. The number of nitrogens with one attached hydrogen (secondary N) is 1. The lowest BCUT2D eigenvalue weighted by Crippen LogP contribution is -2.45. The van der Waals surface area contributed by atoms with Gasteiger partial charge in [-0.2, -0.15) is 0 Å². The zero-order valence-electron chi connectivity index (χ0n) is 18.0. The lowest BCUT2D eigenvalue weighted by molar-refractivity contribution is 0.0776. The smallest absolute Gasteiger partial charge is 0.256 e. The van der Waals surface area contributed by atoms with Crippen LogP contribution in [0.3, 0.4) is 0 Å². The highest BCUT2D eigenvalue weighted by atomic mass is 79.9. The van der Waals surface area contributed by atoms with Gasteiger partial charge in [0.05, 0.1) is 18.4 Å². The number of hydrogen-bond donors (Lipinski definition) is 1.